The number of hydrogen-bond donors (Lipinski definition) is 2. The summed E-state index contributed by atoms with van der Waals surface area (Å²) in [5.74, 6) is 2.08. The first-order valence-corrected chi connectivity index (χ1v) is 6.11. The van der Waals surface area contributed by atoms with Gasteiger partial charge in [0.25, 0.3) is 0 Å². The molecule has 17 heavy (non-hydrogen) atoms. The molecular formula is C12H20N4O. The predicted molar refractivity (Wildman–Crippen MR) is 67.9 cm³/mol. The quantitative estimate of drug-likeness (QED) is 0.834. The van der Waals surface area contributed by atoms with E-state index in [0.29, 0.717) is 12.4 Å². The average molecular weight is 236 g/mol. The Morgan fingerprint density at radius 1 is 1.53 bits per heavy atom. The molecule has 0 aliphatic carbocycles. The van der Waals surface area contributed by atoms with E-state index in [1.807, 2.05) is 6.92 Å². The van der Waals surface area contributed by atoms with E-state index in [0.717, 1.165) is 37.5 Å². The molecule has 2 rings (SSSR count). The second kappa shape index (κ2) is 4.87. The molecule has 0 aromatic carbocycles. The van der Waals surface area contributed by atoms with Gasteiger partial charge in [-0.15, -0.1) is 0 Å². The number of aryl methyl sites for hydroxylation is 1. The summed E-state index contributed by atoms with van der Waals surface area (Å²) in [5.41, 5.74) is 5.71. The highest BCUT2D eigenvalue weighted by atomic mass is 16.5. The normalized spacial score (nSPS) is 24.6. The highest BCUT2D eigenvalue weighted by molar-refractivity contribution is 5.46. The Kier molecular flexibility index (Phi) is 3.47. The van der Waals surface area contributed by atoms with E-state index in [1.54, 1.807) is 6.07 Å². The Morgan fingerprint density at radius 2 is 2.35 bits per heavy atom. The minimum atomic E-state index is -0.0515. The van der Waals surface area contributed by atoms with Crippen LogP contribution in [0.4, 0.5) is 11.6 Å². The summed E-state index contributed by atoms with van der Waals surface area (Å²) >= 11 is 0. The molecule has 0 bridgehead atoms. The highest BCUT2D eigenvalue weighted by Gasteiger charge is 2.27. The van der Waals surface area contributed by atoms with E-state index in [2.05, 4.69) is 22.2 Å². The molecule has 0 radical (unpaired) electrons. The predicted octanol–water partition coefficient (Wildman–Crippen LogP) is 1.60. The Hall–Kier alpha value is -1.36. The molecule has 0 amide bonds. The van der Waals surface area contributed by atoms with Crippen LogP contribution in [-0.2, 0) is 11.2 Å². The number of ether oxygens (including phenoxy) is 1. The van der Waals surface area contributed by atoms with Crippen molar-refractivity contribution in [3.63, 3.8) is 0 Å². The monoisotopic (exact) mass is 236 g/mol. The fourth-order valence-corrected chi connectivity index (χ4v) is 2.08. The molecule has 94 valence electrons. The fraction of sp³-hybridized carbons (Fsp3) is 0.667. The molecule has 1 aromatic heterocycles. The maximum absolute atomic E-state index is 5.76. The van der Waals surface area contributed by atoms with Gasteiger partial charge in [-0.2, -0.15) is 0 Å². The minimum absolute atomic E-state index is 0.0515. The molecule has 5 heteroatoms. The molecule has 1 fully saturated rings. The second-order valence-electron chi connectivity index (χ2n) is 4.79. The third-order valence-corrected chi connectivity index (χ3v) is 2.98. The standard InChI is InChI=1S/C12H20N4O/c1-3-10-14-9(13)7-11(15-10)16-12(2)5-4-6-17-8-12/h7H,3-6,8H2,1-2H3,(H3,13,14,15,16). The maximum Gasteiger partial charge on any atom is 0.132 e. The van der Waals surface area contributed by atoms with Crippen molar-refractivity contribution < 1.29 is 4.74 Å². The van der Waals surface area contributed by atoms with Crippen LogP contribution in [0.3, 0.4) is 0 Å². The Balaban J connectivity index is 2.14. The maximum atomic E-state index is 5.76. The lowest BCUT2D eigenvalue weighted by Crippen LogP contribution is -2.43. The van der Waals surface area contributed by atoms with Gasteiger partial charge in [-0.25, -0.2) is 9.97 Å². The number of nitrogens with one attached hydrogen (secondary N) is 1. The van der Waals surface area contributed by atoms with Crippen LogP contribution in [0.15, 0.2) is 6.07 Å². The number of nitrogens with two attached hydrogens (primary N) is 1. The second-order valence-corrected chi connectivity index (χ2v) is 4.79. The molecule has 1 saturated heterocycles. The summed E-state index contributed by atoms with van der Waals surface area (Å²) in [5, 5.41) is 3.42. The van der Waals surface area contributed by atoms with Gasteiger partial charge < -0.3 is 15.8 Å². The number of hydrogen-bond acceptors (Lipinski definition) is 5. The van der Waals surface area contributed by atoms with Crippen LogP contribution in [0.2, 0.25) is 0 Å². The van der Waals surface area contributed by atoms with Crippen molar-refractivity contribution in [3.8, 4) is 0 Å². The van der Waals surface area contributed by atoms with Crippen LogP contribution in [-0.4, -0.2) is 28.7 Å². The molecular weight excluding hydrogens is 216 g/mol. The van der Waals surface area contributed by atoms with E-state index in [9.17, 15) is 0 Å². The lowest BCUT2D eigenvalue weighted by atomic mass is 9.95. The van der Waals surface area contributed by atoms with Crippen LogP contribution in [0.5, 0.6) is 0 Å². The van der Waals surface area contributed by atoms with Gasteiger partial charge in [0.15, 0.2) is 0 Å². The Bertz CT molecular complexity index is 388. The molecule has 1 aliphatic rings. The zero-order chi connectivity index (χ0) is 12.3. The van der Waals surface area contributed by atoms with Crippen LogP contribution < -0.4 is 11.1 Å². The zero-order valence-electron chi connectivity index (χ0n) is 10.5. The van der Waals surface area contributed by atoms with Gasteiger partial charge >= 0.3 is 0 Å². The van der Waals surface area contributed by atoms with Gasteiger partial charge in [-0.05, 0) is 19.8 Å². The summed E-state index contributed by atoms with van der Waals surface area (Å²) in [6.07, 6.45) is 2.94. The third-order valence-electron chi connectivity index (χ3n) is 2.98. The lowest BCUT2D eigenvalue weighted by Gasteiger charge is -2.34. The van der Waals surface area contributed by atoms with E-state index in [1.165, 1.54) is 0 Å². The summed E-state index contributed by atoms with van der Waals surface area (Å²) in [6.45, 7) is 5.72. The van der Waals surface area contributed by atoms with Crippen molar-refractivity contribution in [3.05, 3.63) is 11.9 Å². The van der Waals surface area contributed by atoms with Gasteiger partial charge in [0.05, 0.1) is 12.1 Å². The molecule has 3 N–H and O–H groups in total. The lowest BCUT2D eigenvalue weighted by molar-refractivity contribution is 0.0539. The number of rotatable bonds is 3. The minimum Gasteiger partial charge on any atom is -0.384 e. The number of aromatic nitrogens is 2. The van der Waals surface area contributed by atoms with E-state index in [4.69, 9.17) is 10.5 Å². The van der Waals surface area contributed by atoms with Gasteiger partial charge in [-0.3, -0.25) is 0 Å². The fourth-order valence-electron chi connectivity index (χ4n) is 2.08. The number of nitrogens with zero attached hydrogens (tertiary/aromatic N) is 2. The van der Waals surface area contributed by atoms with Crippen LogP contribution in [0, 0.1) is 0 Å². The molecule has 1 unspecified atom stereocenters. The number of anilines is 2. The van der Waals surface area contributed by atoms with Gasteiger partial charge in [0, 0.05) is 19.1 Å². The first-order chi connectivity index (χ1) is 8.11. The SMILES string of the molecule is CCc1nc(N)cc(NC2(C)CCCOC2)n1. The third kappa shape index (κ3) is 3.06. The van der Waals surface area contributed by atoms with E-state index < -0.39 is 0 Å². The van der Waals surface area contributed by atoms with E-state index in [-0.39, 0.29) is 5.54 Å². The smallest absolute Gasteiger partial charge is 0.132 e. The summed E-state index contributed by atoms with van der Waals surface area (Å²) in [6, 6.07) is 1.78. The molecule has 1 atom stereocenters. The van der Waals surface area contributed by atoms with Crippen LogP contribution in [0.1, 0.15) is 32.5 Å². The highest BCUT2D eigenvalue weighted by Crippen LogP contribution is 2.23. The first kappa shape index (κ1) is 12.1. The van der Waals surface area contributed by atoms with Gasteiger partial charge in [-0.1, -0.05) is 6.92 Å². The van der Waals surface area contributed by atoms with Crippen molar-refractivity contribution in [2.24, 2.45) is 0 Å². The van der Waals surface area contributed by atoms with Gasteiger partial charge in [0.2, 0.25) is 0 Å². The van der Waals surface area contributed by atoms with Crippen molar-refractivity contribution in [1.82, 2.24) is 9.97 Å². The van der Waals surface area contributed by atoms with Gasteiger partial charge in [0.1, 0.15) is 17.5 Å². The molecule has 1 aromatic rings. The summed E-state index contributed by atoms with van der Waals surface area (Å²) in [7, 11) is 0. The Morgan fingerprint density at radius 3 is 3.00 bits per heavy atom. The topological polar surface area (TPSA) is 73.1 Å². The van der Waals surface area contributed by atoms with Crippen molar-refractivity contribution in [1.29, 1.82) is 0 Å². The zero-order valence-corrected chi connectivity index (χ0v) is 10.5. The average Bonchev–Trinajstić information content (AvgIpc) is 2.28. The summed E-state index contributed by atoms with van der Waals surface area (Å²) < 4.78 is 5.51. The van der Waals surface area contributed by atoms with Crippen molar-refractivity contribution in [2.45, 2.75) is 38.6 Å². The molecule has 0 saturated carbocycles. The molecule has 2 heterocycles. The molecule has 5 nitrogen and oxygen atoms in total. The summed E-state index contributed by atoms with van der Waals surface area (Å²) in [4.78, 5) is 8.60. The van der Waals surface area contributed by atoms with Crippen molar-refractivity contribution in [2.75, 3.05) is 24.3 Å². The number of nitrogen functional groups attached to an aromatic ring is 1. The van der Waals surface area contributed by atoms with Crippen LogP contribution >= 0.6 is 0 Å². The van der Waals surface area contributed by atoms with E-state index >= 15 is 0 Å². The Labute approximate surface area is 102 Å². The first-order valence-electron chi connectivity index (χ1n) is 6.11. The van der Waals surface area contributed by atoms with Crippen molar-refractivity contribution >= 4 is 11.6 Å². The van der Waals surface area contributed by atoms with Crippen LogP contribution in [0.25, 0.3) is 0 Å². The largest absolute Gasteiger partial charge is 0.384 e. The molecule has 0 spiro atoms. The molecule has 1 aliphatic heterocycles.